The van der Waals surface area contributed by atoms with Crippen LogP contribution in [0.25, 0.3) is 0 Å². The Morgan fingerprint density at radius 1 is 1.62 bits per heavy atom. The van der Waals surface area contributed by atoms with E-state index in [-0.39, 0.29) is 35.7 Å². The van der Waals surface area contributed by atoms with E-state index in [4.69, 9.17) is 0 Å². The van der Waals surface area contributed by atoms with E-state index < -0.39 is 11.4 Å². The van der Waals surface area contributed by atoms with Crippen LogP contribution < -0.4 is 29.6 Å². The Morgan fingerprint density at radius 2 is 2.12 bits per heavy atom. The summed E-state index contributed by atoms with van der Waals surface area (Å²) in [4.78, 5) is 0. The third-order valence-electron chi connectivity index (χ3n) is 0.739. The molecule has 0 aliphatic heterocycles. The van der Waals surface area contributed by atoms with Crippen LogP contribution in [0.2, 0.25) is 0 Å². The van der Waals surface area contributed by atoms with Crippen molar-refractivity contribution in [1.29, 1.82) is 0 Å². The van der Waals surface area contributed by atoms with Gasteiger partial charge in [0, 0.05) is 0 Å². The third kappa shape index (κ3) is 4.00. The van der Waals surface area contributed by atoms with Crippen LogP contribution in [0.15, 0.2) is 0 Å². The summed E-state index contributed by atoms with van der Waals surface area (Å²) in [5.41, 5.74) is 0. The van der Waals surface area contributed by atoms with Crippen LogP contribution in [0.3, 0.4) is 0 Å². The monoisotopic (exact) mass is 144 g/mol. The molecule has 0 radical (unpaired) electrons. The van der Waals surface area contributed by atoms with Gasteiger partial charge in [-0.3, -0.25) is 4.18 Å². The number of hydrogen-bond donors (Lipinski definition) is 0. The zero-order valence-corrected chi connectivity index (χ0v) is 7.44. The van der Waals surface area contributed by atoms with E-state index in [1.807, 2.05) is 0 Å². The molecule has 0 aromatic rings. The maximum Gasteiger partial charge on any atom is 1.00 e. The Hall–Kier alpha value is 1.07. The SMILES string of the molecule is O=S([O-])OC1CC1.[Na+]. The summed E-state index contributed by atoms with van der Waals surface area (Å²) in [6.07, 6.45) is 1.81. The van der Waals surface area contributed by atoms with Crippen LogP contribution >= 0.6 is 0 Å². The molecule has 0 aromatic carbocycles. The molecule has 1 unspecified atom stereocenters. The molecular weight excluding hydrogens is 139 g/mol. The topological polar surface area (TPSA) is 49.4 Å². The molecule has 0 amide bonds. The average Bonchev–Trinajstić information content (AvgIpc) is 2.17. The van der Waals surface area contributed by atoms with Gasteiger partial charge in [0.05, 0.1) is 17.5 Å². The van der Waals surface area contributed by atoms with Gasteiger partial charge < -0.3 is 4.55 Å². The molecule has 0 bridgehead atoms. The zero-order chi connectivity index (χ0) is 5.28. The Morgan fingerprint density at radius 3 is 2.25 bits per heavy atom. The number of rotatable bonds is 2. The van der Waals surface area contributed by atoms with E-state index in [1.54, 1.807) is 0 Å². The first kappa shape index (κ1) is 9.07. The van der Waals surface area contributed by atoms with Gasteiger partial charge in [0.15, 0.2) is 0 Å². The van der Waals surface area contributed by atoms with Crippen LogP contribution in [0.5, 0.6) is 0 Å². The molecule has 5 heteroatoms. The largest absolute Gasteiger partial charge is 1.00 e. The van der Waals surface area contributed by atoms with E-state index >= 15 is 0 Å². The van der Waals surface area contributed by atoms with Crippen LogP contribution in [-0.2, 0) is 15.5 Å². The first-order valence-corrected chi connectivity index (χ1v) is 3.05. The van der Waals surface area contributed by atoms with E-state index in [0.717, 1.165) is 12.8 Å². The fraction of sp³-hybridized carbons (Fsp3) is 1.00. The minimum absolute atomic E-state index is 0. The minimum Gasteiger partial charge on any atom is -0.750 e. The van der Waals surface area contributed by atoms with Gasteiger partial charge in [-0.15, -0.1) is 0 Å². The van der Waals surface area contributed by atoms with Crippen molar-refractivity contribution >= 4 is 11.4 Å². The van der Waals surface area contributed by atoms with Crippen molar-refractivity contribution in [2.45, 2.75) is 18.9 Å². The second-order valence-corrected chi connectivity index (χ2v) is 2.10. The third-order valence-corrected chi connectivity index (χ3v) is 1.17. The molecule has 0 saturated heterocycles. The van der Waals surface area contributed by atoms with E-state index in [0.29, 0.717) is 0 Å². The van der Waals surface area contributed by atoms with Gasteiger partial charge >= 0.3 is 29.6 Å². The summed E-state index contributed by atoms with van der Waals surface area (Å²) in [6, 6.07) is 0. The summed E-state index contributed by atoms with van der Waals surface area (Å²) in [5, 5.41) is 0. The van der Waals surface area contributed by atoms with Crippen molar-refractivity contribution in [2.24, 2.45) is 0 Å². The normalized spacial score (nSPS) is 21.6. The fourth-order valence-electron chi connectivity index (χ4n) is 0.275. The predicted octanol–water partition coefficient (Wildman–Crippen LogP) is -3.04. The molecule has 1 atom stereocenters. The van der Waals surface area contributed by atoms with Gasteiger partial charge in [-0.05, 0) is 12.8 Å². The Labute approximate surface area is 72.6 Å². The maximum atomic E-state index is 9.63. The summed E-state index contributed by atoms with van der Waals surface area (Å²) in [7, 11) is 0. The molecule has 0 spiro atoms. The maximum absolute atomic E-state index is 9.63. The van der Waals surface area contributed by atoms with Gasteiger partial charge in [0.1, 0.15) is 0 Å². The van der Waals surface area contributed by atoms with Crippen LogP contribution in [0.4, 0.5) is 0 Å². The van der Waals surface area contributed by atoms with Gasteiger partial charge in [-0.2, -0.15) is 0 Å². The molecule has 1 rings (SSSR count). The van der Waals surface area contributed by atoms with Crippen molar-refractivity contribution in [3.8, 4) is 0 Å². The van der Waals surface area contributed by atoms with E-state index in [9.17, 15) is 8.76 Å². The van der Waals surface area contributed by atoms with Crippen molar-refractivity contribution in [3.63, 3.8) is 0 Å². The van der Waals surface area contributed by atoms with Gasteiger partial charge in [-0.1, -0.05) is 0 Å². The zero-order valence-electron chi connectivity index (χ0n) is 4.62. The van der Waals surface area contributed by atoms with Crippen LogP contribution in [0, 0.1) is 0 Å². The molecule has 8 heavy (non-hydrogen) atoms. The Bertz CT molecular complexity index is 92.5. The molecule has 1 fully saturated rings. The first-order valence-electron chi connectivity index (χ1n) is 2.05. The molecular formula is C3H5NaO3S. The summed E-state index contributed by atoms with van der Waals surface area (Å²) in [6.45, 7) is 0. The van der Waals surface area contributed by atoms with Gasteiger partial charge in [0.25, 0.3) is 0 Å². The summed E-state index contributed by atoms with van der Waals surface area (Å²) < 4.78 is 23.5. The predicted molar refractivity (Wildman–Crippen MR) is 23.0 cm³/mol. The quantitative estimate of drug-likeness (QED) is 0.306. The fourth-order valence-corrected chi connectivity index (χ4v) is 0.690. The molecule has 0 N–H and O–H groups in total. The van der Waals surface area contributed by atoms with Crippen LogP contribution in [0.1, 0.15) is 12.8 Å². The van der Waals surface area contributed by atoms with E-state index in [2.05, 4.69) is 4.18 Å². The number of hydrogen-bond acceptors (Lipinski definition) is 3. The molecule has 0 heterocycles. The van der Waals surface area contributed by atoms with Crippen molar-refractivity contribution < 1.29 is 42.5 Å². The first-order chi connectivity index (χ1) is 3.29. The van der Waals surface area contributed by atoms with Gasteiger partial charge in [0.2, 0.25) is 0 Å². The van der Waals surface area contributed by atoms with Crippen molar-refractivity contribution in [2.75, 3.05) is 0 Å². The van der Waals surface area contributed by atoms with Crippen LogP contribution in [-0.4, -0.2) is 14.9 Å². The minimum atomic E-state index is -2.28. The second-order valence-electron chi connectivity index (χ2n) is 1.50. The molecule has 1 saturated carbocycles. The molecule has 3 nitrogen and oxygen atoms in total. The smallest absolute Gasteiger partial charge is 0.750 e. The summed E-state index contributed by atoms with van der Waals surface area (Å²) >= 11 is -2.28. The van der Waals surface area contributed by atoms with Crippen molar-refractivity contribution in [3.05, 3.63) is 0 Å². The standard InChI is InChI=1S/C3H6O3S.Na/c4-7(5)6-3-1-2-3;/h3H,1-2H2,(H,4,5);/q;+1/p-1. The summed E-state index contributed by atoms with van der Waals surface area (Å²) in [5.74, 6) is 0. The molecule has 42 valence electrons. The van der Waals surface area contributed by atoms with Gasteiger partial charge in [-0.25, -0.2) is 4.21 Å². The van der Waals surface area contributed by atoms with E-state index in [1.165, 1.54) is 0 Å². The Balaban J connectivity index is 0.000000490. The molecule has 0 aromatic heterocycles. The second kappa shape index (κ2) is 3.98. The Kier molecular flexibility index (Phi) is 4.51. The molecule has 1 aliphatic carbocycles. The average molecular weight is 144 g/mol. The molecule has 1 aliphatic rings. The van der Waals surface area contributed by atoms with Crippen molar-refractivity contribution in [1.82, 2.24) is 0 Å².